The lowest BCUT2D eigenvalue weighted by Gasteiger charge is -2.21. The topological polar surface area (TPSA) is 63.7 Å². The summed E-state index contributed by atoms with van der Waals surface area (Å²) >= 11 is 0. The fourth-order valence-corrected chi connectivity index (χ4v) is 3.48. The van der Waals surface area contributed by atoms with Gasteiger partial charge in [0.2, 0.25) is 10.0 Å². The van der Waals surface area contributed by atoms with Crippen LogP contribution in [0.15, 0.2) is 23.1 Å². The number of rotatable bonds is 5. The molecule has 0 saturated heterocycles. The molecule has 0 unspecified atom stereocenters. The lowest BCUT2D eigenvalue weighted by molar-refractivity contribution is -0.144. The molecule has 0 aromatic heterocycles. The Labute approximate surface area is 120 Å². The van der Waals surface area contributed by atoms with Crippen LogP contribution in [0.3, 0.4) is 0 Å². The molecule has 20 heavy (non-hydrogen) atoms. The van der Waals surface area contributed by atoms with Crippen molar-refractivity contribution in [3.05, 3.63) is 29.3 Å². The predicted molar refractivity (Wildman–Crippen MR) is 76.9 cm³/mol. The van der Waals surface area contributed by atoms with E-state index in [1.165, 1.54) is 18.5 Å². The third-order valence-electron chi connectivity index (χ3n) is 3.17. The average molecular weight is 299 g/mol. The van der Waals surface area contributed by atoms with Crippen LogP contribution in [0.1, 0.15) is 18.1 Å². The zero-order valence-corrected chi connectivity index (χ0v) is 13.3. The number of hydrogen-bond donors (Lipinski definition) is 0. The van der Waals surface area contributed by atoms with Crippen molar-refractivity contribution >= 4 is 16.0 Å². The van der Waals surface area contributed by atoms with Gasteiger partial charge in [-0.15, -0.1) is 0 Å². The fourth-order valence-electron chi connectivity index (χ4n) is 1.91. The van der Waals surface area contributed by atoms with E-state index in [2.05, 4.69) is 4.74 Å². The number of benzene rings is 1. The van der Waals surface area contributed by atoms with Crippen molar-refractivity contribution in [2.24, 2.45) is 5.92 Å². The molecule has 112 valence electrons. The standard InChI is InChI=1S/C14H21NO4S/c1-10-6-7-11(2)13(8-10)20(17,18)15(4)9-12(3)14(16)19-5/h6-8,12H,9H2,1-5H3/t12-/m1/s1. The minimum absolute atomic E-state index is 0.0857. The highest BCUT2D eigenvalue weighted by Gasteiger charge is 2.26. The minimum Gasteiger partial charge on any atom is -0.469 e. The number of sulfonamides is 1. The maximum atomic E-state index is 12.5. The Morgan fingerprint density at radius 1 is 1.35 bits per heavy atom. The summed E-state index contributed by atoms with van der Waals surface area (Å²) in [6.07, 6.45) is 0. The highest BCUT2D eigenvalue weighted by molar-refractivity contribution is 7.89. The van der Waals surface area contributed by atoms with Crippen molar-refractivity contribution in [3.8, 4) is 0 Å². The van der Waals surface area contributed by atoms with E-state index in [1.54, 1.807) is 26.0 Å². The number of aryl methyl sites for hydroxylation is 2. The lowest BCUT2D eigenvalue weighted by atomic mass is 10.2. The van der Waals surface area contributed by atoms with Crippen LogP contribution in [-0.2, 0) is 19.6 Å². The van der Waals surface area contributed by atoms with E-state index in [1.807, 2.05) is 13.0 Å². The van der Waals surface area contributed by atoms with Crippen molar-refractivity contribution in [2.45, 2.75) is 25.7 Å². The Morgan fingerprint density at radius 2 is 1.95 bits per heavy atom. The van der Waals surface area contributed by atoms with Crippen LogP contribution in [0.5, 0.6) is 0 Å². The Morgan fingerprint density at radius 3 is 2.50 bits per heavy atom. The molecule has 0 heterocycles. The first-order valence-electron chi connectivity index (χ1n) is 6.31. The summed E-state index contributed by atoms with van der Waals surface area (Å²) in [6, 6.07) is 5.29. The molecule has 0 amide bonds. The Balaban J connectivity index is 3.04. The maximum absolute atomic E-state index is 12.5. The van der Waals surface area contributed by atoms with Gasteiger partial charge in [-0.05, 0) is 31.0 Å². The third kappa shape index (κ3) is 3.58. The first kappa shape index (κ1) is 16.7. The number of carbonyl (C=O) groups is 1. The van der Waals surface area contributed by atoms with Crippen LogP contribution < -0.4 is 0 Å². The number of ether oxygens (including phenoxy) is 1. The minimum atomic E-state index is -3.60. The molecule has 0 N–H and O–H groups in total. The molecular weight excluding hydrogens is 278 g/mol. The second-order valence-corrected chi connectivity index (χ2v) is 6.99. The van der Waals surface area contributed by atoms with Gasteiger partial charge in [0.25, 0.3) is 0 Å². The number of hydrogen-bond acceptors (Lipinski definition) is 4. The van der Waals surface area contributed by atoms with E-state index >= 15 is 0 Å². The van der Waals surface area contributed by atoms with Crippen molar-refractivity contribution in [3.63, 3.8) is 0 Å². The molecule has 0 aliphatic rings. The molecular formula is C14H21NO4S. The van der Waals surface area contributed by atoms with Crippen molar-refractivity contribution < 1.29 is 17.9 Å². The zero-order valence-electron chi connectivity index (χ0n) is 12.5. The van der Waals surface area contributed by atoms with E-state index < -0.39 is 21.9 Å². The van der Waals surface area contributed by atoms with E-state index in [0.717, 1.165) is 5.56 Å². The first-order chi connectivity index (χ1) is 9.20. The van der Waals surface area contributed by atoms with Gasteiger partial charge in [0, 0.05) is 13.6 Å². The Kier molecular flexibility index (Phi) is 5.30. The summed E-state index contributed by atoms with van der Waals surface area (Å²) in [4.78, 5) is 11.7. The van der Waals surface area contributed by atoms with Gasteiger partial charge in [-0.1, -0.05) is 19.1 Å². The molecule has 1 atom stereocenters. The molecule has 0 radical (unpaired) electrons. The molecule has 0 bridgehead atoms. The van der Waals surface area contributed by atoms with Crippen LogP contribution in [0.25, 0.3) is 0 Å². The normalized spacial score (nSPS) is 13.3. The van der Waals surface area contributed by atoms with Gasteiger partial charge in [0.05, 0.1) is 17.9 Å². The zero-order chi connectivity index (χ0) is 15.5. The molecule has 0 fully saturated rings. The number of methoxy groups -OCH3 is 1. The highest BCUT2D eigenvalue weighted by Crippen LogP contribution is 2.21. The molecule has 6 heteroatoms. The van der Waals surface area contributed by atoms with Gasteiger partial charge >= 0.3 is 5.97 Å². The molecule has 1 rings (SSSR count). The van der Waals surface area contributed by atoms with Crippen LogP contribution in [0.4, 0.5) is 0 Å². The van der Waals surface area contributed by atoms with Gasteiger partial charge in [0.15, 0.2) is 0 Å². The van der Waals surface area contributed by atoms with Gasteiger partial charge in [-0.3, -0.25) is 4.79 Å². The van der Waals surface area contributed by atoms with Gasteiger partial charge in [-0.25, -0.2) is 12.7 Å². The maximum Gasteiger partial charge on any atom is 0.309 e. The summed E-state index contributed by atoms with van der Waals surface area (Å²) in [5.74, 6) is -0.932. The summed E-state index contributed by atoms with van der Waals surface area (Å²) in [5.41, 5.74) is 1.57. The fraction of sp³-hybridized carbons (Fsp3) is 0.500. The monoisotopic (exact) mass is 299 g/mol. The second-order valence-electron chi connectivity index (χ2n) is 4.98. The average Bonchev–Trinajstić information content (AvgIpc) is 2.40. The van der Waals surface area contributed by atoms with Crippen molar-refractivity contribution in [2.75, 3.05) is 20.7 Å². The lowest BCUT2D eigenvalue weighted by Crippen LogP contribution is -2.34. The molecule has 0 aliphatic heterocycles. The summed E-state index contributed by atoms with van der Waals surface area (Å²) in [6.45, 7) is 5.32. The number of carbonyl (C=O) groups excluding carboxylic acids is 1. The quantitative estimate of drug-likeness (QED) is 0.777. The summed E-state index contributed by atoms with van der Waals surface area (Å²) in [7, 11) is -0.845. The molecule has 1 aromatic rings. The smallest absolute Gasteiger partial charge is 0.309 e. The van der Waals surface area contributed by atoms with Crippen molar-refractivity contribution in [1.82, 2.24) is 4.31 Å². The Bertz CT molecular complexity index is 595. The van der Waals surface area contributed by atoms with E-state index in [-0.39, 0.29) is 11.4 Å². The largest absolute Gasteiger partial charge is 0.469 e. The van der Waals surface area contributed by atoms with Gasteiger partial charge in [0.1, 0.15) is 0 Å². The third-order valence-corrected chi connectivity index (χ3v) is 5.13. The van der Waals surface area contributed by atoms with Crippen LogP contribution in [0, 0.1) is 19.8 Å². The SMILES string of the molecule is COC(=O)[C@H](C)CN(C)S(=O)(=O)c1cc(C)ccc1C. The summed E-state index contributed by atoms with van der Waals surface area (Å²) in [5, 5.41) is 0. The van der Waals surface area contributed by atoms with Crippen LogP contribution in [0.2, 0.25) is 0 Å². The molecule has 0 aliphatic carbocycles. The van der Waals surface area contributed by atoms with E-state index in [9.17, 15) is 13.2 Å². The molecule has 1 aromatic carbocycles. The van der Waals surface area contributed by atoms with Crippen molar-refractivity contribution in [1.29, 1.82) is 0 Å². The highest BCUT2D eigenvalue weighted by atomic mass is 32.2. The van der Waals surface area contributed by atoms with Gasteiger partial charge in [-0.2, -0.15) is 0 Å². The summed E-state index contributed by atoms with van der Waals surface area (Å²) < 4.78 is 30.9. The van der Waals surface area contributed by atoms with E-state index in [0.29, 0.717) is 5.56 Å². The van der Waals surface area contributed by atoms with E-state index in [4.69, 9.17) is 0 Å². The second kappa shape index (κ2) is 6.37. The first-order valence-corrected chi connectivity index (χ1v) is 7.75. The Hall–Kier alpha value is -1.40. The molecule has 0 spiro atoms. The number of esters is 1. The van der Waals surface area contributed by atoms with Crippen LogP contribution >= 0.6 is 0 Å². The van der Waals surface area contributed by atoms with Gasteiger partial charge < -0.3 is 4.74 Å². The molecule has 5 nitrogen and oxygen atoms in total. The predicted octanol–water partition coefficient (Wildman–Crippen LogP) is 1.73. The van der Waals surface area contributed by atoms with Crippen LogP contribution in [-0.4, -0.2) is 39.4 Å². The molecule has 0 saturated carbocycles. The number of nitrogens with zero attached hydrogens (tertiary/aromatic N) is 1.